The fraction of sp³-hybridized carbons (Fsp3) is 0.909. The van der Waals surface area contributed by atoms with Gasteiger partial charge in [0.15, 0.2) is 0 Å². The van der Waals surface area contributed by atoms with Gasteiger partial charge in [0.1, 0.15) is 6.10 Å². The third kappa shape index (κ3) is 2.35. The predicted molar refractivity (Wildman–Crippen MR) is 60.8 cm³/mol. The smallest absolute Gasteiger partial charge is 0.373 e. The van der Waals surface area contributed by atoms with Crippen LogP contribution < -0.4 is 0 Å². The first-order chi connectivity index (χ1) is 8.69. The van der Waals surface area contributed by atoms with Gasteiger partial charge in [-0.25, -0.2) is 0 Å². The Labute approximate surface area is 110 Å². The second-order valence-corrected chi connectivity index (χ2v) is 6.96. The van der Waals surface area contributed by atoms with Crippen LogP contribution in [0.5, 0.6) is 0 Å². The minimum Gasteiger partial charge on any atom is -0.462 e. The Hall–Kier alpha value is -0.760. The van der Waals surface area contributed by atoms with Crippen LogP contribution in [-0.4, -0.2) is 32.9 Å². The molecule has 5 nitrogen and oxygen atoms in total. The van der Waals surface area contributed by atoms with Crippen molar-refractivity contribution in [3.8, 4) is 0 Å². The van der Waals surface area contributed by atoms with E-state index in [2.05, 4.69) is 4.18 Å². The van der Waals surface area contributed by atoms with Crippen LogP contribution in [-0.2, 0) is 23.8 Å². The second-order valence-electron chi connectivity index (χ2n) is 5.17. The minimum absolute atomic E-state index is 0.0164. The second kappa shape index (κ2) is 4.66. The van der Waals surface area contributed by atoms with E-state index in [-0.39, 0.29) is 12.3 Å². The minimum atomic E-state index is -4.93. The molecule has 2 saturated carbocycles. The first-order valence-electron chi connectivity index (χ1n) is 6.04. The van der Waals surface area contributed by atoms with Crippen molar-refractivity contribution in [3.05, 3.63) is 0 Å². The number of hydrogen-bond donors (Lipinski definition) is 0. The largest absolute Gasteiger partial charge is 0.462 e. The van der Waals surface area contributed by atoms with Crippen LogP contribution in [0.1, 0.15) is 26.2 Å². The Morgan fingerprint density at radius 1 is 1.26 bits per heavy atom. The highest BCUT2D eigenvalue weighted by molar-refractivity contribution is 7.87. The molecule has 2 aliphatic carbocycles. The highest BCUT2D eigenvalue weighted by atomic mass is 32.2. The van der Waals surface area contributed by atoms with Crippen LogP contribution >= 0.6 is 0 Å². The predicted octanol–water partition coefficient (Wildman–Crippen LogP) is 1.53. The number of rotatable bonds is 4. The van der Waals surface area contributed by atoms with Crippen molar-refractivity contribution in [1.82, 2.24) is 0 Å². The maximum Gasteiger partial charge on any atom is 0.373 e. The molecule has 0 saturated heterocycles. The van der Waals surface area contributed by atoms with Gasteiger partial charge in [0.25, 0.3) is 0 Å². The maximum absolute atomic E-state index is 14.0. The molecule has 8 heteroatoms. The Morgan fingerprint density at radius 3 is 2.37 bits per heavy atom. The van der Waals surface area contributed by atoms with Gasteiger partial charge in [-0.05, 0) is 25.2 Å². The number of carbonyl (C=O) groups is 1. The van der Waals surface area contributed by atoms with E-state index in [1.54, 1.807) is 0 Å². The molecule has 0 aromatic carbocycles. The number of halogens is 2. The van der Waals surface area contributed by atoms with Gasteiger partial charge in [-0.2, -0.15) is 17.2 Å². The molecule has 0 heterocycles. The van der Waals surface area contributed by atoms with E-state index in [1.165, 1.54) is 6.92 Å². The van der Waals surface area contributed by atoms with Crippen LogP contribution in [0.2, 0.25) is 0 Å². The van der Waals surface area contributed by atoms with Gasteiger partial charge in [0.2, 0.25) is 0 Å². The third-order valence-corrected chi connectivity index (χ3v) is 5.46. The lowest BCUT2D eigenvalue weighted by Crippen LogP contribution is -2.44. The molecule has 4 atom stereocenters. The summed E-state index contributed by atoms with van der Waals surface area (Å²) in [4.78, 5) is 10.9. The quantitative estimate of drug-likeness (QED) is 0.581. The van der Waals surface area contributed by atoms with Crippen molar-refractivity contribution >= 4 is 16.1 Å². The van der Waals surface area contributed by atoms with Crippen LogP contribution in [0.15, 0.2) is 0 Å². The normalized spacial score (nSPS) is 34.5. The van der Waals surface area contributed by atoms with Gasteiger partial charge < -0.3 is 4.74 Å². The lowest BCUT2D eigenvalue weighted by Gasteiger charge is -2.33. The fourth-order valence-electron chi connectivity index (χ4n) is 3.32. The molecule has 0 aliphatic heterocycles. The highest BCUT2D eigenvalue weighted by Crippen LogP contribution is 2.56. The molecule has 2 aliphatic rings. The summed E-state index contributed by atoms with van der Waals surface area (Å²) in [6, 6.07) is 0. The molecular formula is C11H16F2O5S. The molecule has 2 rings (SSSR count). The van der Waals surface area contributed by atoms with Gasteiger partial charge >= 0.3 is 21.3 Å². The standard InChI is InChI=1S/C11H16F2O5S/c1-6(14)18-10-5-7-3-8(10)9(4-7)11(12,13)19(15,16)17-2/h7-10H,3-5H2,1-2H3. The summed E-state index contributed by atoms with van der Waals surface area (Å²) < 4.78 is 59.7. The lowest BCUT2D eigenvalue weighted by molar-refractivity contribution is -0.152. The Kier molecular flexibility index (Phi) is 3.59. The summed E-state index contributed by atoms with van der Waals surface area (Å²) in [5.74, 6) is -2.51. The summed E-state index contributed by atoms with van der Waals surface area (Å²) >= 11 is 0. The van der Waals surface area contributed by atoms with Crippen molar-refractivity contribution in [1.29, 1.82) is 0 Å². The first-order valence-corrected chi connectivity index (χ1v) is 7.45. The molecule has 0 N–H and O–H groups in total. The fourth-order valence-corrected chi connectivity index (χ4v) is 4.18. The number of fused-ring (bicyclic) bond motifs is 2. The van der Waals surface area contributed by atoms with E-state index in [0.29, 0.717) is 12.8 Å². The highest BCUT2D eigenvalue weighted by Gasteiger charge is 2.63. The Balaban J connectivity index is 2.21. The summed E-state index contributed by atoms with van der Waals surface area (Å²) in [6.07, 6.45) is 0.512. The SMILES string of the molecule is COS(=O)(=O)C(F)(F)C1CC2CC(OC(C)=O)C1C2. The van der Waals surface area contributed by atoms with Crippen LogP contribution in [0.25, 0.3) is 0 Å². The summed E-state index contributed by atoms with van der Waals surface area (Å²) in [7, 11) is -4.21. The number of ether oxygens (including phenoxy) is 1. The molecule has 0 amide bonds. The molecule has 0 spiro atoms. The lowest BCUT2D eigenvalue weighted by atomic mass is 9.86. The first kappa shape index (κ1) is 14.6. The maximum atomic E-state index is 14.0. The zero-order chi connectivity index (χ0) is 14.4. The summed E-state index contributed by atoms with van der Waals surface area (Å²) in [5, 5.41) is -3.94. The van der Waals surface area contributed by atoms with Crippen LogP contribution in [0.4, 0.5) is 8.78 Å². The van der Waals surface area contributed by atoms with E-state index in [9.17, 15) is 22.0 Å². The van der Waals surface area contributed by atoms with E-state index in [4.69, 9.17) is 4.74 Å². The number of carbonyl (C=O) groups excluding carboxylic acids is 1. The molecule has 0 radical (unpaired) electrons. The van der Waals surface area contributed by atoms with Crippen molar-refractivity contribution in [2.75, 3.05) is 7.11 Å². The topological polar surface area (TPSA) is 69.7 Å². The van der Waals surface area contributed by atoms with E-state index < -0.39 is 39.3 Å². The van der Waals surface area contributed by atoms with Crippen molar-refractivity contribution in [2.24, 2.45) is 17.8 Å². The summed E-state index contributed by atoms with van der Waals surface area (Å²) in [5.41, 5.74) is 0. The van der Waals surface area contributed by atoms with Crippen LogP contribution in [0, 0.1) is 17.8 Å². The van der Waals surface area contributed by atoms with Gasteiger partial charge in [0, 0.05) is 18.8 Å². The third-order valence-electron chi connectivity index (χ3n) is 4.05. The number of hydrogen-bond acceptors (Lipinski definition) is 5. The van der Waals surface area contributed by atoms with Crippen molar-refractivity contribution in [2.45, 2.75) is 37.5 Å². The van der Waals surface area contributed by atoms with Crippen molar-refractivity contribution < 1.29 is 30.9 Å². The Bertz CT molecular complexity index is 475. The average molecular weight is 298 g/mol. The van der Waals surface area contributed by atoms with E-state index in [1.807, 2.05) is 0 Å². The van der Waals surface area contributed by atoms with E-state index in [0.717, 1.165) is 7.11 Å². The zero-order valence-electron chi connectivity index (χ0n) is 10.6. The molecule has 0 aromatic heterocycles. The molecule has 0 aromatic rings. The van der Waals surface area contributed by atoms with Gasteiger partial charge in [0.05, 0.1) is 7.11 Å². The molecule has 2 bridgehead atoms. The van der Waals surface area contributed by atoms with Gasteiger partial charge in [-0.15, -0.1) is 0 Å². The number of esters is 1. The molecule has 19 heavy (non-hydrogen) atoms. The average Bonchev–Trinajstić information content (AvgIpc) is 2.87. The van der Waals surface area contributed by atoms with E-state index >= 15 is 0 Å². The molecular weight excluding hydrogens is 282 g/mol. The zero-order valence-corrected chi connectivity index (χ0v) is 11.5. The van der Waals surface area contributed by atoms with Crippen LogP contribution in [0.3, 0.4) is 0 Å². The van der Waals surface area contributed by atoms with Gasteiger partial charge in [-0.3, -0.25) is 8.98 Å². The monoisotopic (exact) mass is 298 g/mol. The summed E-state index contributed by atoms with van der Waals surface area (Å²) in [6.45, 7) is 1.21. The molecule has 4 unspecified atom stereocenters. The number of alkyl halides is 2. The molecule has 110 valence electrons. The van der Waals surface area contributed by atoms with Gasteiger partial charge in [-0.1, -0.05) is 0 Å². The van der Waals surface area contributed by atoms with Crippen molar-refractivity contribution in [3.63, 3.8) is 0 Å². The molecule has 2 fully saturated rings. The Morgan fingerprint density at radius 2 is 1.89 bits per heavy atom.